The Labute approximate surface area is 363 Å². The maximum Gasteiger partial charge on any atom is 0.137 e. The number of pyridine rings is 1. The van der Waals surface area contributed by atoms with Gasteiger partial charge in [0.2, 0.25) is 0 Å². The summed E-state index contributed by atoms with van der Waals surface area (Å²) in [6.07, 6.45) is 1.85. The summed E-state index contributed by atoms with van der Waals surface area (Å²) in [7, 11) is 2.22. The van der Waals surface area contributed by atoms with Crippen LogP contribution in [0.2, 0.25) is 0 Å². The Morgan fingerprint density at radius 1 is 0.565 bits per heavy atom. The van der Waals surface area contributed by atoms with Crippen LogP contribution in [0.1, 0.15) is 73.6 Å². The van der Waals surface area contributed by atoms with Crippen LogP contribution in [0.15, 0.2) is 170 Å². The molecule has 0 amide bonds. The number of anilines is 3. The molecule has 0 bridgehead atoms. The average Bonchev–Trinajstić information content (AvgIpc) is 3.81. The van der Waals surface area contributed by atoms with E-state index in [1.54, 1.807) is 0 Å². The third-order valence-corrected chi connectivity index (χ3v) is 14.0. The molecular weight excluding hydrogens is 757 g/mol. The SMILES string of the molecule is CN1CN2c3cc(Oc4ccc5c6ccccc6n(-c6ccccn6)c5c4)ccc3C3(c4cc(-c5ccccc5)ccc4C(C)(C)c4cccc(C(C)(C)C)c43)c3cccc1c32. The van der Waals surface area contributed by atoms with Crippen molar-refractivity contribution < 1.29 is 4.74 Å². The van der Waals surface area contributed by atoms with E-state index >= 15 is 0 Å². The highest BCUT2D eigenvalue weighted by molar-refractivity contribution is 6.09. The molecule has 7 aromatic carbocycles. The van der Waals surface area contributed by atoms with Gasteiger partial charge in [-0.15, -0.1) is 0 Å². The molecule has 1 atom stereocenters. The molecule has 4 heterocycles. The van der Waals surface area contributed by atoms with Crippen molar-refractivity contribution in [2.45, 2.75) is 50.9 Å². The number of para-hydroxylation sites is 2. The second-order valence-electron chi connectivity index (χ2n) is 18.9. The first-order valence-corrected chi connectivity index (χ1v) is 21.8. The lowest BCUT2D eigenvalue weighted by molar-refractivity contribution is 0.482. The van der Waals surface area contributed by atoms with Crippen LogP contribution in [-0.4, -0.2) is 23.3 Å². The molecule has 302 valence electrons. The molecule has 0 saturated heterocycles. The van der Waals surface area contributed by atoms with E-state index in [2.05, 4.69) is 208 Å². The molecule has 1 unspecified atom stereocenters. The van der Waals surface area contributed by atoms with Crippen LogP contribution in [0.5, 0.6) is 11.5 Å². The van der Waals surface area contributed by atoms with E-state index in [1.807, 2.05) is 18.3 Å². The van der Waals surface area contributed by atoms with Crippen molar-refractivity contribution in [1.29, 1.82) is 0 Å². The van der Waals surface area contributed by atoms with Gasteiger partial charge < -0.3 is 14.5 Å². The van der Waals surface area contributed by atoms with E-state index in [0.717, 1.165) is 40.4 Å². The fourth-order valence-electron chi connectivity index (χ4n) is 11.3. The first-order chi connectivity index (χ1) is 30.0. The molecule has 3 aliphatic rings. The zero-order valence-corrected chi connectivity index (χ0v) is 36.1. The van der Waals surface area contributed by atoms with Gasteiger partial charge in [-0.3, -0.25) is 4.57 Å². The summed E-state index contributed by atoms with van der Waals surface area (Å²) in [5, 5.41) is 2.35. The average molecular weight is 805 g/mol. The predicted octanol–water partition coefficient (Wildman–Crippen LogP) is 13.8. The first-order valence-electron chi connectivity index (χ1n) is 21.8. The highest BCUT2D eigenvalue weighted by Crippen LogP contribution is 2.66. The Balaban J connectivity index is 1.12. The maximum absolute atomic E-state index is 6.99. The molecule has 1 aliphatic carbocycles. The van der Waals surface area contributed by atoms with Gasteiger partial charge in [0.1, 0.15) is 17.3 Å². The number of nitrogens with zero attached hydrogens (tertiary/aromatic N) is 4. The number of benzene rings is 7. The Morgan fingerprint density at radius 3 is 2.11 bits per heavy atom. The molecular formula is C57H48N4O. The molecule has 0 radical (unpaired) electrons. The normalized spacial score (nSPS) is 16.9. The summed E-state index contributed by atoms with van der Waals surface area (Å²) in [6.45, 7) is 12.7. The van der Waals surface area contributed by atoms with Crippen molar-refractivity contribution in [2.75, 3.05) is 23.5 Å². The summed E-state index contributed by atoms with van der Waals surface area (Å²) in [5.41, 5.74) is 16.7. The number of hydrogen-bond donors (Lipinski definition) is 0. The van der Waals surface area contributed by atoms with Crippen LogP contribution in [0.4, 0.5) is 17.1 Å². The van der Waals surface area contributed by atoms with Gasteiger partial charge >= 0.3 is 0 Å². The van der Waals surface area contributed by atoms with Crippen LogP contribution < -0.4 is 14.5 Å². The van der Waals surface area contributed by atoms with Gasteiger partial charge in [-0.25, -0.2) is 4.98 Å². The quantitative estimate of drug-likeness (QED) is 0.177. The van der Waals surface area contributed by atoms with E-state index in [4.69, 9.17) is 9.72 Å². The second kappa shape index (κ2) is 13.0. The van der Waals surface area contributed by atoms with Gasteiger partial charge in [0, 0.05) is 41.6 Å². The van der Waals surface area contributed by atoms with Crippen LogP contribution >= 0.6 is 0 Å². The monoisotopic (exact) mass is 804 g/mol. The third-order valence-electron chi connectivity index (χ3n) is 14.0. The molecule has 62 heavy (non-hydrogen) atoms. The van der Waals surface area contributed by atoms with E-state index in [9.17, 15) is 0 Å². The Hall–Kier alpha value is -7.11. The summed E-state index contributed by atoms with van der Waals surface area (Å²) < 4.78 is 9.23. The predicted molar refractivity (Wildman–Crippen MR) is 255 cm³/mol. The zero-order chi connectivity index (χ0) is 42.1. The molecule has 0 N–H and O–H groups in total. The summed E-state index contributed by atoms with van der Waals surface area (Å²) in [4.78, 5) is 9.69. The fraction of sp³-hybridized carbons (Fsp3) is 0.175. The van der Waals surface area contributed by atoms with Crippen molar-refractivity contribution >= 4 is 38.9 Å². The molecule has 2 aliphatic heterocycles. The number of ether oxygens (including phenoxy) is 1. The van der Waals surface area contributed by atoms with Crippen LogP contribution in [0.25, 0.3) is 38.8 Å². The van der Waals surface area contributed by atoms with E-state index in [1.165, 1.54) is 72.5 Å². The minimum Gasteiger partial charge on any atom is -0.457 e. The Bertz CT molecular complexity index is 3280. The maximum atomic E-state index is 6.99. The highest BCUT2D eigenvalue weighted by atomic mass is 16.5. The number of fused-ring (bicyclic) bond motifs is 11. The smallest absolute Gasteiger partial charge is 0.137 e. The van der Waals surface area contributed by atoms with E-state index in [-0.39, 0.29) is 10.8 Å². The minimum absolute atomic E-state index is 0.131. The number of hydrogen-bond acceptors (Lipinski definition) is 4. The van der Waals surface area contributed by atoms with E-state index in [0.29, 0.717) is 0 Å². The molecule has 5 nitrogen and oxygen atoms in total. The second-order valence-corrected chi connectivity index (χ2v) is 18.9. The molecule has 5 heteroatoms. The van der Waals surface area contributed by atoms with Crippen LogP contribution in [-0.2, 0) is 16.2 Å². The fourth-order valence-corrected chi connectivity index (χ4v) is 11.3. The summed E-state index contributed by atoms with van der Waals surface area (Å²) in [6, 6.07) is 60.2. The molecule has 1 spiro atoms. The third kappa shape index (κ3) is 4.99. The number of aromatic nitrogens is 2. The van der Waals surface area contributed by atoms with Gasteiger partial charge in [0.25, 0.3) is 0 Å². The summed E-state index contributed by atoms with van der Waals surface area (Å²) in [5.74, 6) is 2.46. The molecule has 0 saturated carbocycles. The van der Waals surface area contributed by atoms with Crippen molar-refractivity contribution in [3.8, 4) is 28.4 Å². The van der Waals surface area contributed by atoms with Crippen molar-refractivity contribution in [3.05, 3.63) is 209 Å². The molecule has 9 aromatic rings. The Kier molecular flexibility index (Phi) is 7.67. The standard InChI is InChI=1S/C57H48N4O/c1-55(2,3)44-19-14-20-45-53(44)57(47-32-37(36-16-8-7-9-17-36)25-29-42(47)56(45,4)5)43-30-27-39(34-51(43)60-35-59(6)49-23-15-21-46(57)54(49)60)62-38-26-28-41-40-18-10-11-22-48(40)61(50(41)33-38)52-24-12-13-31-58-52/h7-34H,35H2,1-6H3. The van der Waals surface area contributed by atoms with Gasteiger partial charge in [-0.1, -0.05) is 138 Å². The van der Waals surface area contributed by atoms with Crippen LogP contribution in [0, 0.1) is 0 Å². The zero-order valence-electron chi connectivity index (χ0n) is 36.1. The van der Waals surface area contributed by atoms with Crippen molar-refractivity contribution in [2.24, 2.45) is 0 Å². The molecule has 0 fully saturated rings. The lowest BCUT2D eigenvalue weighted by Crippen LogP contribution is -2.46. The highest BCUT2D eigenvalue weighted by Gasteiger charge is 2.56. The lowest BCUT2D eigenvalue weighted by atomic mass is 9.51. The lowest BCUT2D eigenvalue weighted by Gasteiger charge is -2.53. The first kappa shape index (κ1) is 36.7. The largest absolute Gasteiger partial charge is 0.457 e. The Morgan fingerprint density at radius 2 is 1.29 bits per heavy atom. The van der Waals surface area contributed by atoms with Crippen molar-refractivity contribution in [1.82, 2.24) is 9.55 Å². The van der Waals surface area contributed by atoms with Gasteiger partial charge in [-0.05, 0) is 104 Å². The minimum atomic E-state index is -0.627. The molecule has 2 aromatic heterocycles. The number of rotatable bonds is 4. The van der Waals surface area contributed by atoms with Gasteiger partial charge in [0.05, 0.1) is 40.2 Å². The van der Waals surface area contributed by atoms with Gasteiger partial charge in [-0.2, -0.15) is 0 Å². The topological polar surface area (TPSA) is 33.5 Å². The van der Waals surface area contributed by atoms with Crippen LogP contribution in [0.3, 0.4) is 0 Å². The van der Waals surface area contributed by atoms with Crippen molar-refractivity contribution in [3.63, 3.8) is 0 Å². The molecule has 12 rings (SSSR count). The van der Waals surface area contributed by atoms with Gasteiger partial charge in [0.15, 0.2) is 0 Å². The van der Waals surface area contributed by atoms with E-state index < -0.39 is 5.41 Å². The summed E-state index contributed by atoms with van der Waals surface area (Å²) >= 11 is 0.